The van der Waals surface area contributed by atoms with Crippen LogP contribution in [0.5, 0.6) is 0 Å². The van der Waals surface area contributed by atoms with Gasteiger partial charge in [0.25, 0.3) is 7.94 Å². The van der Waals surface area contributed by atoms with Crippen LogP contribution in [0.2, 0.25) is 5.54 Å². The van der Waals surface area contributed by atoms with Gasteiger partial charge in [-0.15, -0.1) is 0 Å². The molecule has 0 amide bonds. The number of aliphatic hydroxyl groups is 1. The monoisotopic (exact) mass is 508 g/mol. The van der Waals surface area contributed by atoms with Gasteiger partial charge in [0.15, 0.2) is 13.9 Å². The lowest BCUT2D eigenvalue weighted by atomic mass is 9.97. The first-order valence-corrected chi connectivity index (χ1v) is 15.7. The van der Waals surface area contributed by atoms with Gasteiger partial charge in [-0.05, 0) is 34.8 Å². The van der Waals surface area contributed by atoms with Crippen molar-refractivity contribution < 1.29 is 23.8 Å². The fraction of sp³-hybridized carbons (Fsp3) is 0.286. The number of hydrogen-bond donors (Lipinski definition) is 1. The van der Waals surface area contributed by atoms with Gasteiger partial charge in [-0.25, -0.2) is 9.05 Å². The summed E-state index contributed by atoms with van der Waals surface area (Å²) in [5.41, 5.74) is 0.142. The van der Waals surface area contributed by atoms with Crippen molar-refractivity contribution in [1.29, 1.82) is 0 Å². The molecule has 184 valence electrons. The van der Waals surface area contributed by atoms with E-state index in [2.05, 4.69) is 91.0 Å². The van der Waals surface area contributed by atoms with Crippen LogP contribution in [0.4, 0.5) is 0 Å². The molecule has 7 heteroatoms. The molecule has 5 nitrogen and oxygen atoms in total. The van der Waals surface area contributed by atoms with Crippen LogP contribution in [0.15, 0.2) is 103 Å². The van der Waals surface area contributed by atoms with Crippen molar-refractivity contribution in [3.05, 3.63) is 103 Å². The minimum absolute atomic E-state index is 0.142. The van der Waals surface area contributed by atoms with Gasteiger partial charge in [-0.1, -0.05) is 97.4 Å². The van der Waals surface area contributed by atoms with Crippen molar-refractivity contribution in [1.82, 2.24) is 0 Å². The minimum Gasteiger partial charge on any atom is -0.627 e. The smallest absolute Gasteiger partial charge is 0.319 e. The Morgan fingerprint density at radius 2 is 1.23 bits per heavy atom. The summed E-state index contributed by atoms with van der Waals surface area (Å²) in [6.07, 6.45) is 3.60. The molecule has 0 heterocycles. The molecule has 0 radical (unpaired) electrons. The topological polar surface area (TPSA) is 71.0 Å². The first kappa shape index (κ1) is 25.6. The predicted molar refractivity (Wildman–Crippen MR) is 143 cm³/mol. The Balaban J connectivity index is 1.89. The molecule has 0 bridgehead atoms. The lowest BCUT2D eigenvalue weighted by Gasteiger charge is -2.46. The van der Waals surface area contributed by atoms with Crippen molar-refractivity contribution >= 4 is 31.6 Å². The standard InChI is InChI=1S/C28H33O5PSi/c1-31-34(30,32-2)22-28(29)33-26-20-12-13-21-27(26)35(23-14-6-3-7-15-23,24-16-8-4-9-17-24)25-18-10-5-11-19-25/h3-11,14-19,22,26-27,29H,12-13,20-21H2,1-2H3/b28-22+/t26-,27-/m0/s1. The molecule has 0 aliphatic heterocycles. The lowest BCUT2D eigenvalue weighted by molar-refractivity contribution is -0.210. The first-order chi connectivity index (χ1) is 17.0. The second-order valence-electron chi connectivity index (χ2n) is 8.83. The molecule has 35 heavy (non-hydrogen) atoms. The van der Waals surface area contributed by atoms with E-state index in [1.807, 2.05) is 0 Å². The average molecular weight is 509 g/mol. The Labute approximate surface area is 209 Å². The summed E-state index contributed by atoms with van der Waals surface area (Å²) < 4.78 is 16.1. The molecular weight excluding hydrogens is 475 g/mol. The van der Waals surface area contributed by atoms with Crippen LogP contribution in [0.3, 0.4) is 0 Å². The number of aliphatic hydroxyl groups excluding tert-OH is 1. The molecule has 3 aromatic rings. The molecule has 1 aliphatic rings. The van der Waals surface area contributed by atoms with Gasteiger partial charge in [-0.2, -0.15) is 0 Å². The minimum atomic E-state index is -3.57. The zero-order valence-corrected chi connectivity index (χ0v) is 22.1. The SMILES string of the molecule is CO[P+]([O-])(/C=C(\O)O[C@H]1CCCC[C@@H]1[Si](c1ccccc1)(c1ccccc1)c1ccccc1)OC. The van der Waals surface area contributed by atoms with Gasteiger partial charge in [0.1, 0.15) is 6.10 Å². The van der Waals surface area contributed by atoms with E-state index in [9.17, 15) is 10.00 Å². The summed E-state index contributed by atoms with van der Waals surface area (Å²) in [5, 5.41) is 14.6. The quantitative estimate of drug-likeness (QED) is 0.202. The molecule has 0 spiro atoms. The molecule has 4 rings (SSSR count). The third kappa shape index (κ3) is 5.37. The van der Waals surface area contributed by atoms with Gasteiger partial charge < -0.3 is 14.7 Å². The Morgan fingerprint density at radius 3 is 1.66 bits per heavy atom. The lowest BCUT2D eigenvalue weighted by Crippen LogP contribution is -2.72. The Morgan fingerprint density at radius 1 is 0.800 bits per heavy atom. The van der Waals surface area contributed by atoms with E-state index in [1.165, 1.54) is 29.8 Å². The number of ether oxygens (including phenoxy) is 1. The first-order valence-electron chi connectivity index (χ1n) is 12.0. The fourth-order valence-corrected chi connectivity index (χ4v) is 12.0. The second kappa shape index (κ2) is 11.5. The van der Waals surface area contributed by atoms with Gasteiger partial charge in [-0.3, -0.25) is 0 Å². The fourth-order valence-electron chi connectivity index (χ4n) is 5.48. The van der Waals surface area contributed by atoms with E-state index < -0.39 is 22.0 Å². The Kier molecular flexibility index (Phi) is 8.42. The number of hydrogen-bond acceptors (Lipinski definition) is 5. The van der Waals surface area contributed by atoms with E-state index in [1.54, 1.807) is 0 Å². The summed E-state index contributed by atoms with van der Waals surface area (Å²) >= 11 is 0. The van der Waals surface area contributed by atoms with Crippen molar-refractivity contribution in [3.63, 3.8) is 0 Å². The molecule has 0 aromatic heterocycles. The summed E-state index contributed by atoms with van der Waals surface area (Å²) in [7, 11) is -3.61. The molecule has 1 fully saturated rings. The Hall–Kier alpha value is -2.47. The van der Waals surface area contributed by atoms with Crippen LogP contribution in [-0.4, -0.2) is 33.5 Å². The highest BCUT2D eigenvalue weighted by molar-refractivity contribution is 7.62. The maximum Gasteiger partial charge on any atom is 0.319 e. The van der Waals surface area contributed by atoms with Crippen molar-refractivity contribution in [2.24, 2.45) is 0 Å². The molecule has 2 atom stereocenters. The van der Waals surface area contributed by atoms with Gasteiger partial charge in [0.2, 0.25) is 0 Å². The highest BCUT2D eigenvalue weighted by Gasteiger charge is 2.51. The van der Waals surface area contributed by atoms with Gasteiger partial charge in [0, 0.05) is 5.54 Å². The largest absolute Gasteiger partial charge is 0.627 e. The predicted octanol–water partition coefficient (Wildman–Crippen LogP) is 4.26. The zero-order chi connectivity index (χ0) is 24.7. The summed E-state index contributed by atoms with van der Waals surface area (Å²) in [4.78, 5) is 12.6. The molecule has 3 aromatic carbocycles. The number of benzene rings is 3. The van der Waals surface area contributed by atoms with Gasteiger partial charge in [0.05, 0.1) is 14.2 Å². The molecular formula is C28H33O5PSi. The van der Waals surface area contributed by atoms with Crippen molar-refractivity contribution in [2.75, 3.05) is 14.2 Å². The van der Waals surface area contributed by atoms with E-state index in [-0.39, 0.29) is 11.6 Å². The van der Waals surface area contributed by atoms with E-state index in [0.717, 1.165) is 31.5 Å². The van der Waals surface area contributed by atoms with E-state index in [0.29, 0.717) is 0 Å². The van der Waals surface area contributed by atoms with Crippen LogP contribution >= 0.6 is 7.94 Å². The molecule has 1 N–H and O–H groups in total. The van der Waals surface area contributed by atoms with E-state index in [4.69, 9.17) is 13.8 Å². The van der Waals surface area contributed by atoms with Crippen LogP contribution < -0.4 is 20.5 Å². The normalized spacial score (nSPS) is 19.3. The molecule has 1 aliphatic carbocycles. The Bertz CT molecular complexity index is 993. The van der Waals surface area contributed by atoms with E-state index >= 15 is 0 Å². The van der Waals surface area contributed by atoms with Crippen molar-refractivity contribution in [3.8, 4) is 0 Å². The van der Waals surface area contributed by atoms with Gasteiger partial charge >= 0.3 is 5.95 Å². The third-order valence-corrected chi connectivity index (χ3v) is 14.1. The third-order valence-electron chi connectivity index (χ3n) is 7.00. The summed E-state index contributed by atoms with van der Waals surface area (Å²) in [6.45, 7) is 0. The number of rotatable bonds is 9. The highest BCUT2D eigenvalue weighted by Crippen LogP contribution is 2.53. The summed E-state index contributed by atoms with van der Waals surface area (Å²) in [5.74, 6) is 0.654. The molecule has 1 saturated carbocycles. The molecule has 0 unspecified atom stereocenters. The van der Waals surface area contributed by atoms with Crippen LogP contribution in [0.25, 0.3) is 0 Å². The highest BCUT2D eigenvalue weighted by atomic mass is 31.2. The van der Waals surface area contributed by atoms with Crippen LogP contribution in [-0.2, 0) is 13.8 Å². The maximum absolute atomic E-state index is 12.6. The maximum atomic E-state index is 12.6. The van der Waals surface area contributed by atoms with Crippen LogP contribution in [0, 0.1) is 0 Å². The molecule has 0 saturated heterocycles. The summed E-state index contributed by atoms with van der Waals surface area (Å²) in [6, 6.07) is 32.2. The van der Waals surface area contributed by atoms with Crippen LogP contribution in [0.1, 0.15) is 25.7 Å². The zero-order valence-electron chi connectivity index (χ0n) is 20.2. The second-order valence-corrected chi connectivity index (χ2v) is 15.0. The van der Waals surface area contributed by atoms with Crippen molar-refractivity contribution in [2.45, 2.75) is 37.3 Å². The average Bonchev–Trinajstić information content (AvgIpc) is 2.92.